The van der Waals surface area contributed by atoms with Gasteiger partial charge in [0.2, 0.25) is 5.91 Å². The number of halogens is 1. The number of fused-ring (bicyclic) bond motifs is 1. The third-order valence-corrected chi connectivity index (χ3v) is 2.94. The number of aromatic amines is 1. The predicted molar refractivity (Wildman–Crippen MR) is 81.4 cm³/mol. The van der Waals surface area contributed by atoms with Crippen LogP contribution in [0.2, 0.25) is 0 Å². The molecule has 0 unspecified atom stereocenters. The summed E-state index contributed by atoms with van der Waals surface area (Å²) in [6.07, 6.45) is 0.444. The van der Waals surface area contributed by atoms with Gasteiger partial charge in [-0.25, -0.2) is 4.79 Å². The quantitative estimate of drug-likeness (QED) is 0.726. The number of imidazole rings is 1. The van der Waals surface area contributed by atoms with E-state index >= 15 is 0 Å². The third-order valence-electron chi connectivity index (χ3n) is 2.94. The lowest BCUT2D eigenvalue weighted by atomic mass is 10.3. The zero-order valence-electron chi connectivity index (χ0n) is 11.3. The normalized spacial score (nSPS) is 10.2. The number of nitrogens with one attached hydrogen (secondary N) is 3. The largest absolute Gasteiger partial charge is 0.354 e. The van der Waals surface area contributed by atoms with Crippen LogP contribution in [-0.2, 0) is 11.3 Å². The number of amides is 1. The van der Waals surface area contributed by atoms with Gasteiger partial charge in [-0.05, 0) is 19.2 Å². The standard InChI is InChI=1S/C13H18N4O2.ClH/c1-14-7-6-12(18)15-8-9-17-11-5-3-2-4-10(11)16-13(17)19;/h2-5,14H,6-9H2,1H3,(H,15,18)(H,16,19);1H. The van der Waals surface area contributed by atoms with Gasteiger partial charge < -0.3 is 15.6 Å². The zero-order valence-corrected chi connectivity index (χ0v) is 12.1. The van der Waals surface area contributed by atoms with Crippen molar-refractivity contribution in [2.75, 3.05) is 20.1 Å². The molecule has 0 aliphatic carbocycles. The van der Waals surface area contributed by atoms with Crippen LogP contribution >= 0.6 is 12.4 Å². The Morgan fingerprint density at radius 3 is 2.80 bits per heavy atom. The number of hydrogen-bond donors (Lipinski definition) is 3. The molecule has 0 saturated heterocycles. The Morgan fingerprint density at radius 2 is 2.05 bits per heavy atom. The smallest absolute Gasteiger partial charge is 0.326 e. The topological polar surface area (TPSA) is 78.9 Å². The summed E-state index contributed by atoms with van der Waals surface area (Å²) in [4.78, 5) is 26.0. The van der Waals surface area contributed by atoms with Crippen molar-refractivity contribution >= 4 is 29.3 Å². The number of carbonyl (C=O) groups excluding carboxylic acids is 1. The molecule has 2 rings (SSSR count). The number of carbonyl (C=O) groups is 1. The summed E-state index contributed by atoms with van der Waals surface area (Å²) in [7, 11) is 1.80. The fourth-order valence-electron chi connectivity index (χ4n) is 1.96. The highest BCUT2D eigenvalue weighted by Gasteiger charge is 2.06. The molecule has 20 heavy (non-hydrogen) atoms. The summed E-state index contributed by atoms with van der Waals surface area (Å²) in [5.41, 5.74) is 1.52. The maximum Gasteiger partial charge on any atom is 0.326 e. The van der Waals surface area contributed by atoms with Crippen LogP contribution < -0.4 is 16.3 Å². The first-order valence-electron chi connectivity index (χ1n) is 6.31. The van der Waals surface area contributed by atoms with Gasteiger partial charge in [0.15, 0.2) is 0 Å². The molecule has 0 saturated carbocycles. The second-order valence-corrected chi connectivity index (χ2v) is 4.30. The number of hydrogen-bond acceptors (Lipinski definition) is 3. The van der Waals surface area contributed by atoms with E-state index in [0.717, 1.165) is 11.0 Å². The maximum absolute atomic E-state index is 11.8. The van der Waals surface area contributed by atoms with Crippen molar-refractivity contribution in [3.8, 4) is 0 Å². The molecule has 3 N–H and O–H groups in total. The zero-order chi connectivity index (χ0) is 13.7. The lowest BCUT2D eigenvalue weighted by Crippen LogP contribution is -2.31. The van der Waals surface area contributed by atoms with E-state index in [1.807, 2.05) is 24.3 Å². The molecule has 6 nitrogen and oxygen atoms in total. The van der Waals surface area contributed by atoms with Crippen molar-refractivity contribution in [1.29, 1.82) is 0 Å². The SMILES string of the molecule is CNCCC(=O)NCCn1c(=O)[nH]c2ccccc21.Cl. The van der Waals surface area contributed by atoms with Gasteiger partial charge in [0.25, 0.3) is 0 Å². The average molecular weight is 299 g/mol. The number of benzene rings is 1. The molecule has 2 aromatic rings. The van der Waals surface area contributed by atoms with Crippen LogP contribution in [0.4, 0.5) is 0 Å². The van der Waals surface area contributed by atoms with Crippen molar-refractivity contribution in [3.05, 3.63) is 34.7 Å². The Morgan fingerprint density at radius 1 is 1.30 bits per heavy atom. The molecule has 1 aromatic heterocycles. The van der Waals surface area contributed by atoms with E-state index in [2.05, 4.69) is 15.6 Å². The molecule has 7 heteroatoms. The Kier molecular flexibility index (Phi) is 6.27. The number of nitrogens with zero attached hydrogens (tertiary/aromatic N) is 1. The molecule has 0 spiro atoms. The highest BCUT2D eigenvalue weighted by molar-refractivity contribution is 5.85. The molecule has 0 aliphatic rings. The van der Waals surface area contributed by atoms with E-state index in [9.17, 15) is 9.59 Å². The van der Waals surface area contributed by atoms with Gasteiger partial charge in [0, 0.05) is 26.1 Å². The Balaban J connectivity index is 0.00000200. The minimum Gasteiger partial charge on any atom is -0.354 e. The van der Waals surface area contributed by atoms with Crippen molar-refractivity contribution < 1.29 is 4.79 Å². The number of para-hydroxylation sites is 2. The molecular formula is C13H19ClN4O2. The number of rotatable bonds is 6. The summed E-state index contributed by atoms with van der Waals surface area (Å²) in [6, 6.07) is 7.51. The van der Waals surface area contributed by atoms with E-state index < -0.39 is 0 Å². The first kappa shape index (κ1) is 16.3. The Labute approximate surface area is 123 Å². The summed E-state index contributed by atoms with van der Waals surface area (Å²) < 4.78 is 1.63. The Hall–Kier alpha value is -1.79. The van der Waals surface area contributed by atoms with Crippen LogP contribution in [0.15, 0.2) is 29.1 Å². The minimum absolute atomic E-state index is 0. The molecule has 0 bridgehead atoms. The monoisotopic (exact) mass is 298 g/mol. The minimum atomic E-state index is -0.148. The first-order valence-corrected chi connectivity index (χ1v) is 6.31. The summed E-state index contributed by atoms with van der Waals surface area (Å²) >= 11 is 0. The van der Waals surface area contributed by atoms with E-state index in [-0.39, 0.29) is 24.0 Å². The van der Waals surface area contributed by atoms with Crippen LogP contribution in [0.5, 0.6) is 0 Å². The fourth-order valence-corrected chi connectivity index (χ4v) is 1.96. The van der Waals surface area contributed by atoms with Gasteiger partial charge in [0.1, 0.15) is 0 Å². The molecule has 0 radical (unpaired) electrons. The fraction of sp³-hybridized carbons (Fsp3) is 0.385. The molecule has 0 atom stereocenters. The molecule has 0 aliphatic heterocycles. The van der Waals surface area contributed by atoms with Gasteiger partial charge in [-0.3, -0.25) is 9.36 Å². The van der Waals surface area contributed by atoms with Crippen LogP contribution in [0.1, 0.15) is 6.42 Å². The Bertz CT molecular complexity index is 620. The highest BCUT2D eigenvalue weighted by atomic mass is 35.5. The maximum atomic E-state index is 11.8. The molecular weight excluding hydrogens is 280 g/mol. The van der Waals surface area contributed by atoms with Crippen LogP contribution in [0, 0.1) is 0 Å². The summed E-state index contributed by atoms with van der Waals surface area (Å²) in [5.74, 6) is -0.0118. The van der Waals surface area contributed by atoms with Crippen molar-refractivity contribution in [1.82, 2.24) is 20.2 Å². The third kappa shape index (κ3) is 3.85. The van der Waals surface area contributed by atoms with E-state index in [1.54, 1.807) is 11.6 Å². The van der Waals surface area contributed by atoms with Crippen LogP contribution in [0.3, 0.4) is 0 Å². The van der Waals surface area contributed by atoms with E-state index in [0.29, 0.717) is 26.1 Å². The second-order valence-electron chi connectivity index (χ2n) is 4.30. The highest BCUT2D eigenvalue weighted by Crippen LogP contribution is 2.08. The van der Waals surface area contributed by atoms with Crippen LogP contribution in [0.25, 0.3) is 11.0 Å². The van der Waals surface area contributed by atoms with Gasteiger partial charge >= 0.3 is 5.69 Å². The predicted octanol–water partition coefficient (Wildman–Crippen LogP) is 0.477. The average Bonchev–Trinajstić information content (AvgIpc) is 2.73. The summed E-state index contributed by atoms with van der Waals surface area (Å²) in [5, 5.41) is 5.71. The second kappa shape index (κ2) is 7.72. The van der Waals surface area contributed by atoms with Crippen LogP contribution in [-0.4, -0.2) is 35.6 Å². The molecule has 1 aromatic carbocycles. The number of H-pyrrole nitrogens is 1. The molecule has 1 amide bonds. The van der Waals surface area contributed by atoms with Gasteiger partial charge in [-0.2, -0.15) is 0 Å². The van der Waals surface area contributed by atoms with Crippen molar-refractivity contribution in [2.24, 2.45) is 0 Å². The molecule has 1 heterocycles. The number of aromatic nitrogens is 2. The van der Waals surface area contributed by atoms with Gasteiger partial charge in [0.05, 0.1) is 11.0 Å². The lowest BCUT2D eigenvalue weighted by molar-refractivity contribution is -0.121. The van der Waals surface area contributed by atoms with Gasteiger partial charge in [-0.15, -0.1) is 12.4 Å². The molecule has 110 valence electrons. The molecule has 0 fully saturated rings. The first-order chi connectivity index (χ1) is 9.22. The van der Waals surface area contributed by atoms with Gasteiger partial charge in [-0.1, -0.05) is 12.1 Å². The summed E-state index contributed by atoms with van der Waals surface area (Å²) in [6.45, 7) is 1.57. The van der Waals surface area contributed by atoms with E-state index in [1.165, 1.54) is 0 Å². The van der Waals surface area contributed by atoms with Crippen molar-refractivity contribution in [2.45, 2.75) is 13.0 Å². The lowest BCUT2D eigenvalue weighted by Gasteiger charge is -2.06. The van der Waals surface area contributed by atoms with Crippen molar-refractivity contribution in [3.63, 3.8) is 0 Å². The van der Waals surface area contributed by atoms with E-state index in [4.69, 9.17) is 0 Å².